The van der Waals surface area contributed by atoms with Crippen LogP contribution in [0.4, 0.5) is 4.39 Å². The van der Waals surface area contributed by atoms with Crippen molar-refractivity contribution in [1.82, 2.24) is 4.98 Å². The van der Waals surface area contributed by atoms with E-state index in [1.807, 2.05) is 0 Å². The fraction of sp³-hybridized carbons (Fsp3) is 0.188. The second-order valence-electron chi connectivity index (χ2n) is 4.71. The number of aliphatic imine (C=N–C) groups is 1. The van der Waals surface area contributed by atoms with Crippen LogP contribution in [0.1, 0.15) is 5.56 Å². The number of benzene rings is 1. The second-order valence-corrected chi connectivity index (χ2v) is 4.71. The van der Waals surface area contributed by atoms with E-state index in [2.05, 4.69) is 9.98 Å². The lowest BCUT2D eigenvalue weighted by molar-refractivity contribution is -0.140. The third-order valence-corrected chi connectivity index (χ3v) is 3.33. The lowest BCUT2D eigenvalue weighted by Crippen LogP contribution is -2.23. The molecule has 0 saturated heterocycles. The summed E-state index contributed by atoms with van der Waals surface area (Å²) in [6.45, 7) is 0.0426. The highest BCUT2D eigenvalue weighted by Gasteiger charge is 2.16. The number of esters is 1. The van der Waals surface area contributed by atoms with Gasteiger partial charge < -0.3 is 9.47 Å². The Labute approximate surface area is 126 Å². The van der Waals surface area contributed by atoms with E-state index in [0.29, 0.717) is 28.3 Å². The van der Waals surface area contributed by atoms with E-state index < -0.39 is 0 Å². The fourth-order valence-corrected chi connectivity index (χ4v) is 2.19. The lowest BCUT2D eigenvalue weighted by atomic mass is 10.0. The average molecular weight is 300 g/mol. The van der Waals surface area contributed by atoms with Crippen molar-refractivity contribution < 1.29 is 18.7 Å². The van der Waals surface area contributed by atoms with Gasteiger partial charge in [-0.15, -0.1) is 0 Å². The number of halogens is 1. The molecule has 0 radical (unpaired) electrons. The molecular weight excluding hydrogens is 287 g/mol. The summed E-state index contributed by atoms with van der Waals surface area (Å²) in [5.41, 5.74) is 2.29. The smallest absolute Gasteiger partial charge is 0.328 e. The first-order chi connectivity index (χ1) is 10.7. The predicted octanol–water partition coefficient (Wildman–Crippen LogP) is 2.24. The molecule has 6 heteroatoms. The van der Waals surface area contributed by atoms with Gasteiger partial charge in [0.25, 0.3) is 0 Å². The molecular formula is C16H13FN2O3. The number of carbonyl (C=O) groups is 1. The van der Waals surface area contributed by atoms with Crippen LogP contribution >= 0.6 is 0 Å². The minimum Gasteiger partial charge on any atom is -0.481 e. The normalized spacial score (nSPS) is 14.3. The van der Waals surface area contributed by atoms with E-state index in [1.54, 1.807) is 30.5 Å². The van der Waals surface area contributed by atoms with Crippen molar-refractivity contribution in [3.63, 3.8) is 0 Å². The standard InChI is InChI=1S/C16H13FN2O3/c1-21-15-7-10(4-5-18-15)12-3-2-11(6-13(12)17)14-9-22-16(20)8-19-14/h2-7H,8-9H2,1H3. The first kappa shape index (κ1) is 14.2. The van der Waals surface area contributed by atoms with E-state index >= 15 is 0 Å². The Bertz CT molecular complexity index is 759. The Morgan fingerprint density at radius 3 is 2.77 bits per heavy atom. The van der Waals surface area contributed by atoms with Crippen LogP contribution in [0.2, 0.25) is 0 Å². The van der Waals surface area contributed by atoms with Crippen molar-refractivity contribution >= 4 is 11.7 Å². The first-order valence-electron chi connectivity index (χ1n) is 6.66. The van der Waals surface area contributed by atoms with Gasteiger partial charge in [0, 0.05) is 23.4 Å². The molecule has 112 valence electrons. The third-order valence-electron chi connectivity index (χ3n) is 3.33. The summed E-state index contributed by atoms with van der Waals surface area (Å²) in [6.07, 6.45) is 1.56. The van der Waals surface area contributed by atoms with E-state index in [-0.39, 0.29) is 24.9 Å². The summed E-state index contributed by atoms with van der Waals surface area (Å²) in [4.78, 5) is 19.1. The van der Waals surface area contributed by atoms with Crippen molar-refractivity contribution in [3.05, 3.63) is 47.9 Å². The lowest BCUT2D eigenvalue weighted by Gasteiger charge is -2.13. The van der Waals surface area contributed by atoms with Crippen LogP contribution < -0.4 is 4.74 Å². The molecule has 1 aliphatic rings. The summed E-state index contributed by atoms with van der Waals surface area (Å²) in [6, 6.07) is 8.18. The molecule has 0 bridgehead atoms. The first-order valence-corrected chi connectivity index (χ1v) is 6.66. The summed E-state index contributed by atoms with van der Waals surface area (Å²) >= 11 is 0. The van der Waals surface area contributed by atoms with Crippen LogP contribution in [-0.4, -0.2) is 36.9 Å². The summed E-state index contributed by atoms with van der Waals surface area (Å²) in [5, 5.41) is 0. The number of nitrogens with zero attached hydrogens (tertiary/aromatic N) is 2. The van der Waals surface area contributed by atoms with Crippen molar-refractivity contribution in [2.75, 3.05) is 20.3 Å². The van der Waals surface area contributed by atoms with Gasteiger partial charge in [0.1, 0.15) is 19.0 Å². The van der Waals surface area contributed by atoms with Gasteiger partial charge in [-0.1, -0.05) is 12.1 Å². The molecule has 0 unspecified atom stereocenters. The maximum Gasteiger partial charge on any atom is 0.328 e. The Kier molecular flexibility index (Phi) is 3.82. The zero-order valence-corrected chi connectivity index (χ0v) is 11.9. The number of rotatable bonds is 3. The van der Waals surface area contributed by atoms with Gasteiger partial charge in [0.2, 0.25) is 5.88 Å². The Morgan fingerprint density at radius 2 is 2.09 bits per heavy atom. The van der Waals surface area contributed by atoms with Crippen LogP contribution in [0.25, 0.3) is 11.1 Å². The molecule has 2 heterocycles. The number of ether oxygens (including phenoxy) is 2. The summed E-state index contributed by atoms with van der Waals surface area (Å²) < 4.78 is 24.3. The molecule has 1 aromatic carbocycles. The molecule has 1 aliphatic heterocycles. The molecule has 0 amide bonds. The quantitative estimate of drug-likeness (QED) is 0.816. The van der Waals surface area contributed by atoms with Gasteiger partial charge in [-0.3, -0.25) is 9.79 Å². The Balaban J connectivity index is 1.94. The molecule has 2 aromatic rings. The SMILES string of the molecule is COc1cc(-c2ccc(C3=NCC(=O)OC3)cc2F)ccn1. The number of hydrogen-bond acceptors (Lipinski definition) is 5. The molecule has 0 atom stereocenters. The highest BCUT2D eigenvalue weighted by atomic mass is 19.1. The Morgan fingerprint density at radius 1 is 1.23 bits per heavy atom. The van der Waals surface area contributed by atoms with Gasteiger partial charge >= 0.3 is 5.97 Å². The number of hydrogen-bond donors (Lipinski definition) is 0. The number of carbonyl (C=O) groups excluding carboxylic acids is 1. The van der Waals surface area contributed by atoms with E-state index in [1.165, 1.54) is 13.2 Å². The van der Waals surface area contributed by atoms with Crippen LogP contribution in [0.5, 0.6) is 5.88 Å². The fourth-order valence-electron chi connectivity index (χ4n) is 2.19. The minimum atomic E-state index is -0.384. The van der Waals surface area contributed by atoms with Crippen LogP contribution in [0.15, 0.2) is 41.5 Å². The molecule has 1 aromatic heterocycles. The number of aromatic nitrogens is 1. The van der Waals surface area contributed by atoms with Crippen molar-refractivity contribution in [2.24, 2.45) is 4.99 Å². The third kappa shape index (κ3) is 2.81. The van der Waals surface area contributed by atoms with E-state index in [4.69, 9.17) is 9.47 Å². The molecule has 22 heavy (non-hydrogen) atoms. The maximum atomic E-state index is 14.4. The maximum absolute atomic E-state index is 14.4. The molecule has 0 fully saturated rings. The van der Waals surface area contributed by atoms with Crippen molar-refractivity contribution in [3.8, 4) is 17.0 Å². The van der Waals surface area contributed by atoms with Gasteiger partial charge in [-0.25, -0.2) is 9.37 Å². The summed E-state index contributed by atoms with van der Waals surface area (Å²) in [7, 11) is 1.51. The number of cyclic esters (lactones) is 1. The monoisotopic (exact) mass is 300 g/mol. The Hall–Kier alpha value is -2.76. The van der Waals surface area contributed by atoms with Gasteiger partial charge in [-0.2, -0.15) is 0 Å². The van der Waals surface area contributed by atoms with Crippen LogP contribution in [-0.2, 0) is 9.53 Å². The van der Waals surface area contributed by atoms with Crippen molar-refractivity contribution in [2.45, 2.75) is 0 Å². The van der Waals surface area contributed by atoms with Gasteiger partial charge in [0.05, 0.1) is 12.8 Å². The molecule has 0 N–H and O–H groups in total. The average Bonchev–Trinajstić information content (AvgIpc) is 2.55. The van der Waals surface area contributed by atoms with Crippen LogP contribution in [0.3, 0.4) is 0 Å². The number of methoxy groups -OCH3 is 1. The number of pyridine rings is 1. The molecule has 0 saturated carbocycles. The van der Waals surface area contributed by atoms with Crippen LogP contribution in [0, 0.1) is 5.82 Å². The second kappa shape index (κ2) is 5.93. The zero-order valence-electron chi connectivity index (χ0n) is 11.9. The molecule has 3 rings (SSSR count). The van der Waals surface area contributed by atoms with Crippen molar-refractivity contribution in [1.29, 1.82) is 0 Å². The zero-order chi connectivity index (χ0) is 15.5. The summed E-state index contributed by atoms with van der Waals surface area (Å²) in [5.74, 6) is -0.334. The predicted molar refractivity (Wildman–Crippen MR) is 78.5 cm³/mol. The molecule has 5 nitrogen and oxygen atoms in total. The minimum absolute atomic E-state index is 0.0275. The van der Waals surface area contributed by atoms with Gasteiger partial charge in [0.15, 0.2) is 0 Å². The molecule has 0 aliphatic carbocycles. The van der Waals surface area contributed by atoms with E-state index in [9.17, 15) is 9.18 Å². The topological polar surface area (TPSA) is 60.8 Å². The highest BCUT2D eigenvalue weighted by molar-refractivity contribution is 6.04. The highest BCUT2D eigenvalue weighted by Crippen LogP contribution is 2.26. The van der Waals surface area contributed by atoms with Gasteiger partial charge in [-0.05, 0) is 17.7 Å². The molecule has 0 spiro atoms. The largest absolute Gasteiger partial charge is 0.481 e. The van der Waals surface area contributed by atoms with E-state index in [0.717, 1.165) is 0 Å².